The summed E-state index contributed by atoms with van der Waals surface area (Å²) in [6, 6.07) is 8.83. The highest BCUT2D eigenvalue weighted by Gasteiger charge is 2.15. The SMILES string of the molecule is CCOc1c(Br)cc(C=CC(=O)c2ccc3c(c2)OCO3)cc1OC. The fourth-order valence-corrected chi connectivity index (χ4v) is 3.01. The summed E-state index contributed by atoms with van der Waals surface area (Å²) in [5.41, 5.74) is 1.36. The van der Waals surface area contributed by atoms with Crippen molar-refractivity contribution in [3.63, 3.8) is 0 Å². The molecule has 0 saturated heterocycles. The van der Waals surface area contributed by atoms with Crippen LogP contribution in [0, 0.1) is 0 Å². The van der Waals surface area contributed by atoms with Gasteiger partial charge in [0, 0.05) is 5.56 Å². The number of hydrogen-bond donors (Lipinski definition) is 0. The van der Waals surface area contributed by atoms with Crippen LogP contribution in [0.5, 0.6) is 23.0 Å². The topological polar surface area (TPSA) is 54.0 Å². The predicted molar refractivity (Wildman–Crippen MR) is 97.8 cm³/mol. The number of carbonyl (C=O) groups is 1. The Labute approximate surface area is 154 Å². The first-order chi connectivity index (χ1) is 12.1. The molecule has 0 saturated carbocycles. The highest BCUT2D eigenvalue weighted by Crippen LogP contribution is 2.37. The lowest BCUT2D eigenvalue weighted by atomic mass is 10.1. The molecule has 0 aliphatic carbocycles. The number of rotatable bonds is 6. The second-order valence-electron chi connectivity index (χ2n) is 5.23. The third-order valence-electron chi connectivity index (χ3n) is 3.62. The van der Waals surface area contributed by atoms with Gasteiger partial charge < -0.3 is 18.9 Å². The highest BCUT2D eigenvalue weighted by atomic mass is 79.9. The number of halogens is 1. The van der Waals surface area contributed by atoms with Gasteiger partial charge in [0.1, 0.15) is 0 Å². The summed E-state index contributed by atoms with van der Waals surface area (Å²) in [5.74, 6) is 2.36. The second-order valence-corrected chi connectivity index (χ2v) is 6.09. The van der Waals surface area contributed by atoms with Crippen molar-refractivity contribution in [2.24, 2.45) is 0 Å². The molecule has 1 aliphatic rings. The van der Waals surface area contributed by atoms with E-state index in [1.807, 2.05) is 19.1 Å². The van der Waals surface area contributed by atoms with Crippen molar-refractivity contribution >= 4 is 27.8 Å². The molecule has 0 amide bonds. The summed E-state index contributed by atoms with van der Waals surface area (Å²) in [6.45, 7) is 2.62. The Bertz CT molecular complexity index is 829. The van der Waals surface area contributed by atoms with Crippen LogP contribution in [0.3, 0.4) is 0 Å². The van der Waals surface area contributed by atoms with Crippen LogP contribution in [0.2, 0.25) is 0 Å². The maximum atomic E-state index is 12.4. The molecule has 6 heteroatoms. The molecule has 1 aliphatic heterocycles. The zero-order valence-electron chi connectivity index (χ0n) is 13.9. The Morgan fingerprint density at radius 2 is 2.04 bits per heavy atom. The van der Waals surface area contributed by atoms with Crippen LogP contribution in [-0.4, -0.2) is 26.3 Å². The Kier molecular flexibility index (Phi) is 5.28. The van der Waals surface area contributed by atoms with Gasteiger partial charge in [0.25, 0.3) is 0 Å². The molecule has 1 heterocycles. The van der Waals surface area contributed by atoms with E-state index in [4.69, 9.17) is 18.9 Å². The van der Waals surface area contributed by atoms with Crippen LogP contribution >= 0.6 is 15.9 Å². The first-order valence-electron chi connectivity index (χ1n) is 7.74. The number of ether oxygens (including phenoxy) is 4. The van der Waals surface area contributed by atoms with Crippen LogP contribution < -0.4 is 18.9 Å². The minimum atomic E-state index is -0.123. The molecule has 130 valence electrons. The minimum absolute atomic E-state index is 0.123. The number of hydrogen-bond acceptors (Lipinski definition) is 5. The van der Waals surface area contributed by atoms with E-state index in [2.05, 4.69) is 15.9 Å². The van der Waals surface area contributed by atoms with Crippen LogP contribution in [0.25, 0.3) is 6.08 Å². The third-order valence-corrected chi connectivity index (χ3v) is 4.21. The molecule has 2 aromatic rings. The molecule has 0 bridgehead atoms. The van der Waals surface area contributed by atoms with Crippen LogP contribution in [0.1, 0.15) is 22.8 Å². The molecule has 0 unspecified atom stereocenters. The van der Waals surface area contributed by atoms with Gasteiger partial charge in [-0.15, -0.1) is 0 Å². The zero-order valence-corrected chi connectivity index (χ0v) is 15.5. The Morgan fingerprint density at radius 1 is 1.24 bits per heavy atom. The van der Waals surface area contributed by atoms with Gasteiger partial charge in [0.15, 0.2) is 28.8 Å². The van der Waals surface area contributed by atoms with E-state index >= 15 is 0 Å². The molecule has 0 radical (unpaired) electrons. The summed E-state index contributed by atoms with van der Waals surface area (Å²) in [6.07, 6.45) is 3.25. The van der Waals surface area contributed by atoms with Crippen LogP contribution in [-0.2, 0) is 0 Å². The average Bonchev–Trinajstić information content (AvgIpc) is 3.09. The van der Waals surface area contributed by atoms with Crippen LogP contribution in [0.4, 0.5) is 0 Å². The molecule has 0 spiro atoms. The largest absolute Gasteiger partial charge is 0.493 e. The van der Waals surface area contributed by atoms with Crippen molar-refractivity contribution in [3.05, 3.63) is 52.0 Å². The third kappa shape index (κ3) is 3.79. The molecular formula is C19H17BrO5. The van der Waals surface area contributed by atoms with Gasteiger partial charge in [0.05, 0.1) is 18.2 Å². The number of ketones is 1. The summed E-state index contributed by atoms with van der Waals surface area (Å²) in [4.78, 5) is 12.4. The second kappa shape index (κ2) is 7.61. The van der Waals surface area contributed by atoms with Crippen molar-refractivity contribution in [2.75, 3.05) is 20.5 Å². The van der Waals surface area contributed by atoms with Gasteiger partial charge in [-0.3, -0.25) is 4.79 Å². The molecule has 0 aromatic heterocycles. The van der Waals surface area contributed by atoms with Gasteiger partial charge in [0.2, 0.25) is 6.79 Å². The summed E-state index contributed by atoms with van der Waals surface area (Å²) in [5, 5.41) is 0. The smallest absolute Gasteiger partial charge is 0.231 e. The summed E-state index contributed by atoms with van der Waals surface area (Å²) >= 11 is 3.47. The lowest BCUT2D eigenvalue weighted by Crippen LogP contribution is -1.97. The van der Waals surface area contributed by atoms with Crippen molar-refractivity contribution in [3.8, 4) is 23.0 Å². The molecule has 3 rings (SSSR count). The monoisotopic (exact) mass is 404 g/mol. The molecule has 2 aromatic carbocycles. The molecule has 25 heavy (non-hydrogen) atoms. The first-order valence-corrected chi connectivity index (χ1v) is 8.54. The molecule has 0 fully saturated rings. The Morgan fingerprint density at radius 3 is 2.80 bits per heavy atom. The van der Waals surface area contributed by atoms with Crippen molar-refractivity contribution in [1.29, 1.82) is 0 Å². The van der Waals surface area contributed by atoms with E-state index < -0.39 is 0 Å². The van der Waals surface area contributed by atoms with E-state index in [0.29, 0.717) is 35.2 Å². The Balaban J connectivity index is 1.81. The fraction of sp³-hybridized carbons (Fsp3) is 0.211. The van der Waals surface area contributed by atoms with E-state index in [-0.39, 0.29) is 12.6 Å². The van der Waals surface area contributed by atoms with E-state index in [0.717, 1.165) is 10.0 Å². The molecule has 5 nitrogen and oxygen atoms in total. The van der Waals surface area contributed by atoms with Crippen molar-refractivity contribution < 1.29 is 23.7 Å². The van der Waals surface area contributed by atoms with E-state index in [1.54, 1.807) is 31.4 Å². The van der Waals surface area contributed by atoms with E-state index in [1.165, 1.54) is 6.08 Å². The van der Waals surface area contributed by atoms with Gasteiger partial charge >= 0.3 is 0 Å². The molecular weight excluding hydrogens is 388 g/mol. The number of allylic oxidation sites excluding steroid dienone is 1. The summed E-state index contributed by atoms with van der Waals surface area (Å²) in [7, 11) is 1.58. The Hall–Kier alpha value is -2.47. The number of benzene rings is 2. The standard InChI is InChI=1S/C19H17BrO5/c1-3-23-19-14(20)8-12(9-18(19)22-2)4-6-15(21)13-5-7-16-17(10-13)25-11-24-16/h4-10H,3,11H2,1-2H3. The van der Waals surface area contributed by atoms with Gasteiger partial charge in [-0.25, -0.2) is 0 Å². The average molecular weight is 405 g/mol. The predicted octanol–water partition coefficient (Wildman–Crippen LogP) is 4.48. The number of fused-ring (bicyclic) bond motifs is 1. The quantitative estimate of drug-likeness (QED) is 0.524. The highest BCUT2D eigenvalue weighted by molar-refractivity contribution is 9.10. The van der Waals surface area contributed by atoms with Gasteiger partial charge in [-0.2, -0.15) is 0 Å². The van der Waals surface area contributed by atoms with E-state index in [9.17, 15) is 4.79 Å². The van der Waals surface area contributed by atoms with Gasteiger partial charge in [-0.05, 0) is 64.8 Å². The van der Waals surface area contributed by atoms with Gasteiger partial charge in [-0.1, -0.05) is 6.08 Å². The zero-order chi connectivity index (χ0) is 17.8. The number of carbonyl (C=O) groups excluding carboxylic acids is 1. The lowest BCUT2D eigenvalue weighted by molar-refractivity contribution is 0.104. The van der Waals surface area contributed by atoms with Crippen molar-refractivity contribution in [2.45, 2.75) is 6.92 Å². The van der Waals surface area contributed by atoms with Crippen LogP contribution in [0.15, 0.2) is 40.9 Å². The normalized spacial score (nSPS) is 12.4. The maximum Gasteiger partial charge on any atom is 0.231 e. The minimum Gasteiger partial charge on any atom is -0.493 e. The molecule has 0 N–H and O–H groups in total. The maximum absolute atomic E-state index is 12.4. The molecule has 0 atom stereocenters. The first kappa shape index (κ1) is 17.4. The summed E-state index contributed by atoms with van der Waals surface area (Å²) < 4.78 is 22.2. The lowest BCUT2D eigenvalue weighted by Gasteiger charge is -2.12. The number of methoxy groups -OCH3 is 1. The fourth-order valence-electron chi connectivity index (χ4n) is 2.44. The van der Waals surface area contributed by atoms with Crippen molar-refractivity contribution in [1.82, 2.24) is 0 Å².